The lowest BCUT2D eigenvalue weighted by molar-refractivity contribution is 0.0748. The zero-order valence-corrected chi connectivity index (χ0v) is 15.9. The van der Waals surface area contributed by atoms with Crippen LogP contribution in [0.4, 0.5) is 0 Å². The molecule has 0 saturated heterocycles. The smallest absolute Gasteiger partial charge is 0.291 e. The van der Waals surface area contributed by atoms with Crippen LogP contribution >= 0.6 is 0 Å². The first-order valence-electron chi connectivity index (χ1n) is 9.27. The normalized spacial score (nSPS) is 15.7. The minimum absolute atomic E-state index is 0.106. The summed E-state index contributed by atoms with van der Waals surface area (Å²) in [4.78, 5) is 28.0. The minimum Gasteiger partial charge on any atom is -0.494 e. The van der Waals surface area contributed by atoms with Gasteiger partial charge in [0.15, 0.2) is 5.43 Å². The predicted molar refractivity (Wildman–Crippen MR) is 108 cm³/mol. The van der Waals surface area contributed by atoms with Crippen molar-refractivity contribution in [2.75, 3.05) is 13.2 Å². The van der Waals surface area contributed by atoms with Crippen LogP contribution in [0.15, 0.2) is 64.3 Å². The first-order valence-corrected chi connectivity index (χ1v) is 9.27. The molecule has 4 rings (SSSR count). The average molecular weight is 375 g/mol. The van der Waals surface area contributed by atoms with Gasteiger partial charge < -0.3 is 14.1 Å². The molecule has 1 aromatic heterocycles. The summed E-state index contributed by atoms with van der Waals surface area (Å²) in [6.45, 7) is 8.43. The van der Waals surface area contributed by atoms with E-state index in [9.17, 15) is 9.59 Å². The molecule has 0 N–H and O–H groups in total. The largest absolute Gasteiger partial charge is 0.494 e. The Hall–Kier alpha value is -3.34. The Kier molecular flexibility index (Phi) is 4.51. The third-order valence-corrected chi connectivity index (χ3v) is 4.93. The highest BCUT2D eigenvalue weighted by molar-refractivity contribution is 5.99. The molecule has 5 heteroatoms. The molecular weight excluding hydrogens is 354 g/mol. The quantitative estimate of drug-likeness (QED) is 0.626. The van der Waals surface area contributed by atoms with Crippen LogP contribution < -0.4 is 10.2 Å². The number of amides is 1. The van der Waals surface area contributed by atoms with Crippen LogP contribution in [0.2, 0.25) is 0 Å². The van der Waals surface area contributed by atoms with E-state index in [2.05, 4.69) is 6.58 Å². The van der Waals surface area contributed by atoms with Crippen molar-refractivity contribution in [1.82, 2.24) is 4.90 Å². The van der Waals surface area contributed by atoms with Crippen LogP contribution in [0, 0.1) is 6.92 Å². The predicted octanol–water partition coefficient (Wildman–Crippen LogP) is 4.23. The maximum atomic E-state index is 13.4. The van der Waals surface area contributed by atoms with Gasteiger partial charge in [-0.3, -0.25) is 9.59 Å². The number of carbonyl (C=O) groups excluding carboxylic acids is 1. The molecule has 28 heavy (non-hydrogen) atoms. The van der Waals surface area contributed by atoms with Gasteiger partial charge in [0.2, 0.25) is 5.76 Å². The lowest BCUT2D eigenvalue weighted by atomic mass is 9.98. The summed E-state index contributed by atoms with van der Waals surface area (Å²) in [6, 6.07) is 12.3. The topological polar surface area (TPSA) is 59.8 Å². The maximum Gasteiger partial charge on any atom is 0.291 e. The molecule has 1 atom stereocenters. The number of rotatable bonds is 5. The third kappa shape index (κ3) is 2.80. The van der Waals surface area contributed by atoms with Crippen LogP contribution in [0.5, 0.6) is 5.75 Å². The number of fused-ring (bicyclic) bond motifs is 2. The summed E-state index contributed by atoms with van der Waals surface area (Å²) in [6.07, 6.45) is 1.65. The second kappa shape index (κ2) is 7.00. The van der Waals surface area contributed by atoms with Gasteiger partial charge in [0.1, 0.15) is 11.3 Å². The molecule has 2 heterocycles. The standard InChI is InChI=1S/C23H21NO4/c1-4-11-24-20(15-7-6-8-16(13-15)27-5-2)19-21(25)17-12-14(3)9-10-18(17)28-22(19)23(24)26/h4,6-10,12-13,20H,1,5,11H2,2-3H3. The van der Waals surface area contributed by atoms with Gasteiger partial charge in [-0.25, -0.2) is 0 Å². The van der Waals surface area contributed by atoms with Crippen molar-refractivity contribution >= 4 is 16.9 Å². The van der Waals surface area contributed by atoms with E-state index < -0.39 is 6.04 Å². The monoisotopic (exact) mass is 375 g/mol. The molecule has 1 aliphatic heterocycles. The fraction of sp³-hybridized carbons (Fsp3) is 0.217. The summed E-state index contributed by atoms with van der Waals surface area (Å²) in [5.41, 5.74) is 2.39. The van der Waals surface area contributed by atoms with Crippen LogP contribution in [0.3, 0.4) is 0 Å². The summed E-state index contributed by atoms with van der Waals surface area (Å²) >= 11 is 0. The highest BCUT2D eigenvalue weighted by Crippen LogP contribution is 2.38. The molecule has 0 spiro atoms. The van der Waals surface area contributed by atoms with Gasteiger partial charge in [-0.1, -0.05) is 29.8 Å². The second-order valence-electron chi connectivity index (χ2n) is 6.83. The van der Waals surface area contributed by atoms with E-state index in [1.165, 1.54) is 0 Å². The van der Waals surface area contributed by atoms with Crippen LogP contribution in [0.1, 0.15) is 40.2 Å². The Labute approximate surface area is 162 Å². The van der Waals surface area contributed by atoms with E-state index in [0.717, 1.165) is 11.1 Å². The van der Waals surface area contributed by atoms with E-state index in [1.807, 2.05) is 44.2 Å². The van der Waals surface area contributed by atoms with Crippen molar-refractivity contribution in [3.8, 4) is 5.75 Å². The molecule has 1 amide bonds. The average Bonchev–Trinajstić information content (AvgIpc) is 2.96. The molecule has 0 fully saturated rings. The van der Waals surface area contributed by atoms with Gasteiger partial charge in [-0.15, -0.1) is 6.58 Å². The lowest BCUT2D eigenvalue weighted by Crippen LogP contribution is -2.29. The number of carbonyl (C=O) groups is 1. The number of ether oxygens (including phenoxy) is 1. The molecule has 0 radical (unpaired) electrons. The molecule has 2 aromatic carbocycles. The van der Waals surface area contributed by atoms with Crippen molar-refractivity contribution < 1.29 is 13.9 Å². The molecule has 0 aliphatic carbocycles. The van der Waals surface area contributed by atoms with E-state index in [-0.39, 0.29) is 17.1 Å². The minimum atomic E-state index is -0.540. The summed E-state index contributed by atoms with van der Waals surface area (Å²) in [7, 11) is 0. The SMILES string of the molecule is C=CCN1C(=O)c2oc3ccc(C)cc3c(=O)c2C1c1cccc(OCC)c1. The van der Waals surface area contributed by atoms with Crippen molar-refractivity contribution in [1.29, 1.82) is 0 Å². The number of benzene rings is 2. The summed E-state index contributed by atoms with van der Waals surface area (Å²) < 4.78 is 11.5. The van der Waals surface area contributed by atoms with Crippen LogP contribution in [0.25, 0.3) is 11.0 Å². The second-order valence-corrected chi connectivity index (χ2v) is 6.83. The fourth-order valence-corrected chi connectivity index (χ4v) is 3.75. The first kappa shape index (κ1) is 18.0. The molecule has 1 unspecified atom stereocenters. The third-order valence-electron chi connectivity index (χ3n) is 4.93. The number of hydrogen-bond acceptors (Lipinski definition) is 4. The van der Waals surface area contributed by atoms with Gasteiger partial charge in [0.25, 0.3) is 5.91 Å². The molecule has 142 valence electrons. The lowest BCUT2D eigenvalue weighted by Gasteiger charge is -2.24. The van der Waals surface area contributed by atoms with Crippen molar-refractivity contribution in [3.05, 3.63) is 87.8 Å². The number of hydrogen-bond donors (Lipinski definition) is 0. The Morgan fingerprint density at radius 3 is 2.79 bits per heavy atom. The van der Waals surface area contributed by atoms with Crippen molar-refractivity contribution in [2.24, 2.45) is 0 Å². The Morgan fingerprint density at radius 2 is 2.04 bits per heavy atom. The Balaban J connectivity index is 1.98. The maximum absolute atomic E-state index is 13.4. The summed E-state index contributed by atoms with van der Waals surface area (Å²) in [5.74, 6) is 0.497. The zero-order valence-electron chi connectivity index (χ0n) is 15.9. The van der Waals surface area contributed by atoms with Gasteiger partial charge in [-0.05, 0) is 43.7 Å². The van der Waals surface area contributed by atoms with E-state index in [4.69, 9.17) is 9.15 Å². The van der Waals surface area contributed by atoms with Gasteiger partial charge in [0.05, 0.1) is 23.6 Å². The Bertz CT molecular complexity index is 1150. The molecule has 0 bridgehead atoms. The van der Waals surface area contributed by atoms with Gasteiger partial charge >= 0.3 is 0 Å². The van der Waals surface area contributed by atoms with Crippen LogP contribution in [-0.4, -0.2) is 24.0 Å². The highest BCUT2D eigenvalue weighted by Gasteiger charge is 2.42. The van der Waals surface area contributed by atoms with Gasteiger partial charge in [0, 0.05) is 6.54 Å². The number of aryl methyl sites for hydroxylation is 1. The molecule has 3 aromatic rings. The van der Waals surface area contributed by atoms with E-state index in [0.29, 0.717) is 35.4 Å². The van der Waals surface area contributed by atoms with E-state index >= 15 is 0 Å². The first-order chi connectivity index (χ1) is 13.5. The molecule has 1 aliphatic rings. The molecular formula is C23H21NO4. The highest BCUT2D eigenvalue weighted by atomic mass is 16.5. The summed E-state index contributed by atoms with van der Waals surface area (Å²) in [5, 5.41) is 0.484. The Morgan fingerprint density at radius 1 is 1.21 bits per heavy atom. The molecule has 0 saturated carbocycles. The van der Waals surface area contributed by atoms with Crippen LogP contribution in [-0.2, 0) is 0 Å². The van der Waals surface area contributed by atoms with E-state index in [1.54, 1.807) is 23.1 Å². The van der Waals surface area contributed by atoms with Crippen molar-refractivity contribution in [3.63, 3.8) is 0 Å². The fourth-order valence-electron chi connectivity index (χ4n) is 3.75. The zero-order chi connectivity index (χ0) is 19.8. The number of nitrogens with zero attached hydrogens (tertiary/aromatic N) is 1. The van der Waals surface area contributed by atoms with Gasteiger partial charge in [-0.2, -0.15) is 0 Å². The molecule has 5 nitrogen and oxygen atoms in total. The van der Waals surface area contributed by atoms with Crippen molar-refractivity contribution in [2.45, 2.75) is 19.9 Å².